The SMILES string of the molecule is Cc1nc(CN2CCC(CN=C(N)NC3CCCCCC3)CC2)cs1.I. The summed E-state index contributed by atoms with van der Waals surface area (Å²) in [6.07, 6.45) is 10.3. The average Bonchev–Trinajstić information content (AvgIpc) is 2.85. The minimum absolute atomic E-state index is 0. The zero-order valence-corrected chi connectivity index (χ0v) is 19.1. The van der Waals surface area contributed by atoms with Crippen LogP contribution in [0.5, 0.6) is 0 Å². The van der Waals surface area contributed by atoms with Crippen molar-refractivity contribution in [3.63, 3.8) is 0 Å². The van der Waals surface area contributed by atoms with E-state index < -0.39 is 0 Å². The molecule has 3 rings (SSSR count). The minimum Gasteiger partial charge on any atom is -0.370 e. The molecule has 2 aliphatic rings. The van der Waals surface area contributed by atoms with Crippen LogP contribution in [0.4, 0.5) is 0 Å². The Balaban J connectivity index is 0.00000243. The number of halogens is 1. The van der Waals surface area contributed by atoms with Crippen LogP contribution in [0.3, 0.4) is 0 Å². The Labute approximate surface area is 179 Å². The van der Waals surface area contributed by atoms with Gasteiger partial charge in [-0.05, 0) is 51.6 Å². The number of nitrogens with one attached hydrogen (secondary N) is 1. The standard InChI is InChI=1S/C19H33N5S.HI/c1-15-22-18(14-25-15)13-24-10-8-16(9-11-24)12-21-19(20)23-17-6-4-2-3-5-7-17;/h14,16-17H,2-13H2,1H3,(H3,20,21,23);1H. The predicted octanol–water partition coefficient (Wildman–Crippen LogP) is 3.91. The highest BCUT2D eigenvalue weighted by Gasteiger charge is 2.20. The highest BCUT2D eigenvalue weighted by atomic mass is 127. The Hall–Kier alpha value is -0.410. The molecule has 1 aliphatic heterocycles. The Kier molecular flexibility index (Phi) is 9.63. The molecule has 0 amide bonds. The number of hydrogen-bond donors (Lipinski definition) is 2. The molecule has 1 aromatic rings. The maximum atomic E-state index is 6.13. The summed E-state index contributed by atoms with van der Waals surface area (Å²) in [4.78, 5) is 11.7. The van der Waals surface area contributed by atoms with E-state index in [1.807, 2.05) is 0 Å². The second-order valence-electron chi connectivity index (χ2n) is 7.64. The van der Waals surface area contributed by atoms with Crippen molar-refractivity contribution >= 4 is 41.3 Å². The number of nitrogens with zero attached hydrogens (tertiary/aromatic N) is 3. The van der Waals surface area contributed by atoms with Gasteiger partial charge in [-0.1, -0.05) is 25.7 Å². The molecule has 2 heterocycles. The van der Waals surface area contributed by atoms with Crippen LogP contribution in [0.2, 0.25) is 0 Å². The van der Waals surface area contributed by atoms with Crippen molar-refractivity contribution in [3.05, 3.63) is 16.1 Å². The fourth-order valence-electron chi connectivity index (χ4n) is 3.94. The molecule has 0 radical (unpaired) electrons. The molecule has 1 aliphatic carbocycles. The maximum Gasteiger partial charge on any atom is 0.188 e. The van der Waals surface area contributed by atoms with E-state index in [2.05, 4.69) is 32.5 Å². The van der Waals surface area contributed by atoms with Crippen LogP contribution in [-0.4, -0.2) is 41.5 Å². The smallest absolute Gasteiger partial charge is 0.188 e. The number of hydrogen-bond acceptors (Lipinski definition) is 4. The van der Waals surface area contributed by atoms with Gasteiger partial charge in [0.1, 0.15) is 0 Å². The lowest BCUT2D eigenvalue weighted by molar-refractivity contribution is 0.179. The molecule has 0 spiro atoms. The molecular weight excluding hydrogens is 457 g/mol. The summed E-state index contributed by atoms with van der Waals surface area (Å²) in [6, 6.07) is 0.537. The molecule has 5 nitrogen and oxygen atoms in total. The number of aliphatic imine (C=N–C) groups is 1. The van der Waals surface area contributed by atoms with Crippen molar-refractivity contribution in [2.24, 2.45) is 16.6 Å². The second-order valence-corrected chi connectivity index (χ2v) is 8.70. The average molecular weight is 491 g/mol. The molecule has 26 heavy (non-hydrogen) atoms. The van der Waals surface area contributed by atoms with Gasteiger partial charge < -0.3 is 11.1 Å². The Morgan fingerprint density at radius 2 is 1.92 bits per heavy atom. The first-order valence-corrected chi connectivity index (χ1v) is 10.8. The molecule has 3 N–H and O–H groups in total. The summed E-state index contributed by atoms with van der Waals surface area (Å²) >= 11 is 1.74. The van der Waals surface area contributed by atoms with Gasteiger partial charge in [-0.25, -0.2) is 4.98 Å². The highest BCUT2D eigenvalue weighted by molar-refractivity contribution is 14.0. The van der Waals surface area contributed by atoms with Crippen molar-refractivity contribution in [1.29, 1.82) is 0 Å². The Morgan fingerprint density at radius 1 is 1.23 bits per heavy atom. The van der Waals surface area contributed by atoms with Gasteiger partial charge in [0.2, 0.25) is 0 Å². The van der Waals surface area contributed by atoms with Crippen LogP contribution < -0.4 is 11.1 Å². The lowest BCUT2D eigenvalue weighted by atomic mass is 9.97. The third-order valence-electron chi connectivity index (χ3n) is 5.49. The van der Waals surface area contributed by atoms with E-state index in [-0.39, 0.29) is 24.0 Å². The summed E-state index contributed by atoms with van der Waals surface area (Å²) in [7, 11) is 0. The van der Waals surface area contributed by atoms with Gasteiger partial charge in [0.25, 0.3) is 0 Å². The fraction of sp³-hybridized carbons (Fsp3) is 0.789. The Bertz CT molecular complexity index is 546. The molecule has 7 heteroatoms. The number of rotatable bonds is 5. The van der Waals surface area contributed by atoms with Crippen molar-refractivity contribution < 1.29 is 0 Å². The van der Waals surface area contributed by atoms with Gasteiger partial charge in [-0.2, -0.15) is 0 Å². The molecule has 0 unspecified atom stereocenters. The van der Waals surface area contributed by atoms with Crippen molar-refractivity contribution in [1.82, 2.24) is 15.2 Å². The molecule has 0 aromatic carbocycles. The number of guanidine groups is 1. The quantitative estimate of drug-likeness (QED) is 0.284. The van der Waals surface area contributed by atoms with Gasteiger partial charge in [0.05, 0.1) is 10.7 Å². The number of thiazole rings is 1. The van der Waals surface area contributed by atoms with E-state index in [4.69, 9.17) is 5.73 Å². The third kappa shape index (κ3) is 7.31. The summed E-state index contributed by atoms with van der Waals surface area (Å²) in [6.45, 7) is 6.23. The normalized spacial score (nSPS) is 21.2. The van der Waals surface area contributed by atoms with Crippen LogP contribution >= 0.6 is 35.3 Å². The van der Waals surface area contributed by atoms with E-state index in [1.165, 1.54) is 57.1 Å². The van der Waals surface area contributed by atoms with E-state index in [0.717, 1.165) is 31.2 Å². The van der Waals surface area contributed by atoms with E-state index >= 15 is 0 Å². The molecule has 1 aromatic heterocycles. The van der Waals surface area contributed by atoms with Crippen LogP contribution in [-0.2, 0) is 6.54 Å². The van der Waals surface area contributed by atoms with Crippen LogP contribution in [0.25, 0.3) is 0 Å². The maximum absolute atomic E-state index is 6.13. The zero-order valence-electron chi connectivity index (χ0n) is 16.0. The van der Waals surface area contributed by atoms with E-state index in [0.29, 0.717) is 17.9 Å². The molecule has 0 bridgehead atoms. The van der Waals surface area contributed by atoms with Gasteiger partial charge in [0.15, 0.2) is 5.96 Å². The lowest BCUT2D eigenvalue weighted by Crippen LogP contribution is -2.40. The molecule has 148 valence electrons. The first-order chi connectivity index (χ1) is 12.2. The first kappa shape index (κ1) is 21.9. The summed E-state index contributed by atoms with van der Waals surface area (Å²) in [5.74, 6) is 1.33. The monoisotopic (exact) mass is 491 g/mol. The zero-order chi connectivity index (χ0) is 17.5. The molecular formula is C19H34IN5S. The second kappa shape index (κ2) is 11.4. The molecule has 1 saturated heterocycles. The lowest BCUT2D eigenvalue weighted by Gasteiger charge is -2.30. The largest absolute Gasteiger partial charge is 0.370 e. The van der Waals surface area contributed by atoms with Crippen LogP contribution in [0, 0.1) is 12.8 Å². The predicted molar refractivity (Wildman–Crippen MR) is 121 cm³/mol. The van der Waals surface area contributed by atoms with Crippen molar-refractivity contribution in [2.75, 3.05) is 19.6 Å². The number of piperidine rings is 1. The minimum atomic E-state index is 0. The third-order valence-corrected chi connectivity index (χ3v) is 6.31. The van der Waals surface area contributed by atoms with E-state index in [1.54, 1.807) is 11.3 Å². The molecule has 1 saturated carbocycles. The first-order valence-electron chi connectivity index (χ1n) is 9.89. The molecule has 0 atom stereocenters. The summed E-state index contributed by atoms with van der Waals surface area (Å²) in [5, 5.41) is 6.80. The van der Waals surface area contributed by atoms with Crippen molar-refractivity contribution in [2.45, 2.75) is 70.9 Å². The van der Waals surface area contributed by atoms with E-state index in [9.17, 15) is 0 Å². The number of likely N-dealkylation sites (tertiary alicyclic amines) is 1. The number of aromatic nitrogens is 1. The Morgan fingerprint density at radius 3 is 2.54 bits per heavy atom. The number of aryl methyl sites for hydroxylation is 1. The van der Waals surface area contributed by atoms with Gasteiger partial charge in [-0.3, -0.25) is 9.89 Å². The molecule has 2 fully saturated rings. The van der Waals surface area contributed by atoms with Gasteiger partial charge in [0, 0.05) is 24.5 Å². The summed E-state index contributed by atoms with van der Waals surface area (Å²) in [5.41, 5.74) is 7.34. The van der Waals surface area contributed by atoms with Crippen LogP contribution in [0.1, 0.15) is 62.1 Å². The summed E-state index contributed by atoms with van der Waals surface area (Å²) < 4.78 is 0. The highest BCUT2D eigenvalue weighted by Crippen LogP contribution is 2.20. The van der Waals surface area contributed by atoms with Gasteiger partial charge >= 0.3 is 0 Å². The topological polar surface area (TPSA) is 66.5 Å². The fourth-order valence-corrected chi connectivity index (χ4v) is 4.55. The van der Waals surface area contributed by atoms with Crippen molar-refractivity contribution in [3.8, 4) is 0 Å². The van der Waals surface area contributed by atoms with Gasteiger partial charge in [-0.15, -0.1) is 35.3 Å². The van der Waals surface area contributed by atoms with Crippen LogP contribution in [0.15, 0.2) is 10.4 Å². The number of nitrogens with two attached hydrogens (primary N) is 1.